The van der Waals surface area contributed by atoms with Gasteiger partial charge in [0.15, 0.2) is 0 Å². The number of aryl methyl sites for hydroxylation is 1. The molecule has 2 aromatic carbocycles. The van der Waals surface area contributed by atoms with Crippen LogP contribution in [0, 0.1) is 6.92 Å². The molecule has 18 heavy (non-hydrogen) atoms. The van der Waals surface area contributed by atoms with Gasteiger partial charge in [-0.25, -0.2) is 14.8 Å². The highest BCUT2D eigenvalue weighted by Crippen LogP contribution is 2.28. The lowest BCUT2D eigenvalue weighted by Gasteiger charge is -2.18. The highest BCUT2D eigenvalue weighted by Gasteiger charge is 2.18. The minimum atomic E-state index is -1.28. The van der Waals surface area contributed by atoms with E-state index in [1.165, 1.54) is 0 Å². The van der Waals surface area contributed by atoms with E-state index in [4.69, 9.17) is 11.6 Å². The first-order chi connectivity index (χ1) is 8.59. The normalized spacial score (nSPS) is 10.1. The molecule has 2 aromatic rings. The van der Waals surface area contributed by atoms with Crippen molar-refractivity contribution < 1.29 is 9.90 Å². The predicted octanol–water partition coefficient (Wildman–Crippen LogP) is 4.34. The van der Waals surface area contributed by atoms with Crippen LogP contribution in [0.1, 0.15) is 5.56 Å². The number of para-hydroxylation sites is 1. The zero-order valence-corrected chi connectivity index (χ0v) is 10.5. The van der Waals surface area contributed by atoms with Crippen molar-refractivity contribution in [3.63, 3.8) is 0 Å². The fourth-order valence-electron chi connectivity index (χ4n) is 1.70. The summed E-state index contributed by atoms with van der Waals surface area (Å²) in [4.78, 5) is 12.4. The van der Waals surface area contributed by atoms with Gasteiger partial charge in [0.05, 0.1) is 11.4 Å². The van der Waals surface area contributed by atoms with Gasteiger partial charge in [-0.2, -0.15) is 0 Å². The lowest BCUT2D eigenvalue weighted by Crippen LogP contribution is -2.22. The topological polar surface area (TPSA) is 40.2 Å². The molecule has 2 rings (SSSR count). The molecule has 91 valence electrons. The second-order valence-electron chi connectivity index (χ2n) is 3.87. The van der Waals surface area contributed by atoms with Crippen LogP contribution in [-0.4, -0.2) is 6.09 Å². The minimum absolute atomic E-state index is 0.517. The van der Waals surface area contributed by atoms with Crippen molar-refractivity contribution in [2.75, 3.05) is 4.90 Å². The summed E-state index contributed by atoms with van der Waals surface area (Å²) in [6.07, 6.45) is -1.28. The van der Waals surface area contributed by atoms with Crippen molar-refractivity contribution in [1.29, 1.82) is 0 Å². The Hall–Kier alpha value is -2.00. The molecule has 0 aliphatic carbocycles. The molecule has 0 aliphatic rings. The van der Waals surface area contributed by atoms with E-state index in [9.17, 15) is 9.90 Å². The molecule has 0 aliphatic heterocycles. The Morgan fingerprint density at radius 3 is 2.28 bits per heavy atom. The molecule has 1 radical (unpaired) electrons. The zero-order valence-electron chi connectivity index (χ0n) is 9.76. The lowest BCUT2D eigenvalue weighted by molar-refractivity contribution is 0.179. The number of carbonyl (C=O) groups excluding carboxylic acids is 1. The second kappa shape index (κ2) is 5.10. The van der Waals surface area contributed by atoms with Gasteiger partial charge in [-0.1, -0.05) is 29.8 Å². The zero-order chi connectivity index (χ0) is 13.1. The maximum Gasteiger partial charge on any atom is 0.462 e. The third-order valence-corrected chi connectivity index (χ3v) is 3.02. The van der Waals surface area contributed by atoms with Crippen LogP contribution in [0.3, 0.4) is 0 Å². The fraction of sp³-hybridized carbons (Fsp3) is 0.0714. The van der Waals surface area contributed by atoms with Crippen LogP contribution in [-0.2, 0) is 5.11 Å². The van der Waals surface area contributed by atoms with Crippen molar-refractivity contribution >= 4 is 29.1 Å². The number of halogens is 1. The summed E-state index contributed by atoms with van der Waals surface area (Å²) >= 11 is 5.93. The minimum Gasteiger partial charge on any atom is -0.243 e. The van der Waals surface area contributed by atoms with E-state index >= 15 is 0 Å². The molecule has 0 aromatic heterocycles. The van der Waals surface area contributed by atoms with Gasteiger partial charge in [0, 0.05) is 5.02 Å². The van der Waals surface area contributed by atoms with Crippen molar-refractivity contribution in [3.8, 4) is 0 Å². The van der Waals surface area contributed by atoms with Crippen molar-refractivity contribution in [2.45, 2.75) is 6.92 Å². The summed E-state index contributed by atoms with van der Waals surface area (Å²) < 4.78 is 0. The molecule has 0 N–H and O–H groups in total. The van der Waals surface area contributed by atoms with Crippen LogP contribution in [0.5, 0.6) is 0 Å². The first-order valence-electron chi connectivity index (χ1n) is 5.42. The summed E-state index contributed by atoms with van der Waals surface area (Å²) in [5, 5.41) is 11.9. The molecule has 0 fully saturated rings. The molecule has 0 spiro atoms. The number of hydrogen-bond donors (Lipinski definition) is 0. The lowest BCUT2D eigenvalue weighted by atomic mass is 10.2. The number of hydrogen-bond acceptors (Lipinski definition) is 1. The van der Waals surface area contributed by atoms with E-state index in [1.807, 2.05) is 13.0 Å². The molecule has 0 bridgehead atoms. The molecular weight excluding hydrogens is 250 g/mol. The van der Waals surface area contributed by atoms with E-state index in [0.717, 1.165) is 10.5 Å². The van der Waals surface area contributed by atoms with E-state index in [2.05, 4.69) is 0 Å². The maximum atomic E-state index is 11.3. The van der Waals surface area contributed by atoms with Crippen LogP contribution in [0.25, 0.3) is 0 Å². The molecule has 4 heteroatoms. The Bertz CT molecular complexity index is 569. The van der Waals surface area contributed by atoms with E-state index in [1.54, 1.807) is 42.5 Å². The number of benzene rings is 2. The Kier molecular flexibility index (Phi) is 3.53. The quantitative estimate of drug-likeness (QED) is 0.792. The number of amides is 1. The number of carbonyl (C=O) groups is 1. The Morgan fingerprint density at radius 1 is 1.06 bits per heavy atom. The van der Waals surface area contributed by atoms with Crippen LogP contribution in [0.2, 0.25) is 5.02 Å². The maximum absolute atomic E-state index is 11.3. The van der Waals surface area contributed by atoms with Gasteiger partial charge in [-0.05, 0) is 42.8 Å². The van der Waals surface area contributed by atoms with Crippen LogP contribution in [0.15, 0.2) is 48.5 Å². The molecule has 0 saturated heterocycles. The van der Waals surface area contributed by atoms with Gasteiger partial charge < -0.3 is 0 Å². The molecule has 3 nitrogen and oxygen atoms in total. The summed E-state index contributed by atoms with van der Waals surface area (Å²) in [5.74, 6) is 0. The molecule has 0 atom stereocenters. The van der Waals surface area contributed by atoms with Gasteiger partial charge in [0.1, 0.15) is 0 Å². The first kappa shape index (κ1) is 12.5. The number of rotatable bonds is 2. The average molecular weight is 261 g/mol. The Balaban J connectivity index is 2.49. The number of nitrogens with zero attached hydrogens (tertiary/aromatic N) is 1. The third-order valence-electron chi connectivity index (χ3n) is 2.60. The summed E-state index contributed by atoms with van der Waals surface area (Å²) in [5.41, 5.74) is 1.87. The first-order valence-corrected chi connectivity index (χ1v) is 5.79. The Morgan fingerprint density at radius 2 is 1.72 bits per heavy atom. The van der Waals surface area contributed by atoms with E-state index in [-0.39, 0.29) is 0 Å². The third kappa shape index (κ3) is 2.46. The summed E-state index contributed by atoms with van der Waals surface area (Å²) in [7, 11) is 0. The van der Waals surface area contributed by atoms with Gasteiger partial charge in [0.2, 0.25) is 0 Å². The van der Waals surface area contributed by atoms with E-state index < -0.39 is 6.09 Å². The van der Waals surface area contributed by atoms with Crippen molar-refractivity contribution in [3.05, 3.63) is 59.1 Å². The second-order valence-corrected chi connectivity index (χ2v) is 4.28. The smallest absolute Gasteiger partial charge is 0.243 e. The Labute approximate surface area is 110 Å². The van der Waals surface area contributed by atoms with Crippen molar-refractivity contribution in [1.82, 2.24) is 0 Å². The van der Waals surface area contributed by atoms with Crippen molar-refractivity contribution in [2.24, 2.45) is 0 Å². The molecule has 0 saturated carbocycles. The fourth-order valence-corrected chi connectivity index (χ4v) is 1.82. The largest absolute Gasteiger partial charge is 0.462 e. The van der Waals surface area contributed by atoms with E-state index in [0.29, 0.717) is 16.4 Å². The van der Waals surface area contributed by atoms with Crippen LogP contribution >= 0.6 is 11.6 Å². The molecule has 0 heterocycles. The monoisotopic (exact) mass is 260 g/mol. The number of anilines is 2. The molecular formula is C14H11ClNO2. The van der Waals surface area contributed by atoms with Crippen LogP contribution < -0.4 is 4.90 Å². The molecule has 1 amide bonds. The van der Waals surface area contributed by atoms with Gasteiger partial charge in [-0.3, -0.25) is 0 Å². The van der Waals surface area contributed by atoms with Gasteiger partial charge >= 0.3 is 6.09 Å². The molecule has 0 unspecified atom stereocenters. The average Bonchev–Trinajstić information content (AvgIpc) is 2.35. The van der Waals surface area contributed by atoms with Gasteiger partial charge in [0.25, 0.3) is 0 Å². The highest BCUT2D eigenvalue weighted by molar-refractivity contribution is 6.31. The van der Waals surface area contributed by atoms with Crippen LogP contribution in [0.4, 0.5) is 16.2 Å². The standard InChI is InChI=1S/C14H11ClNO2/c1-10-9-12(7-8-13(10)15)16(14(17)18)11-5-3-2-4-6-11/h2-9H,1H3. The predicted molar refractivity (Wildman–Crippen MR) is 70.9 cm³/mol. The SMILES string of the molecule is Cc1cc(N(C([O])=O)c2ccccc2)ccc1Cl. The summed E-state index contributed by atoms with van der Waals surface area (Å²) in [6, 6.07) is 13.8. The van der Waals surface area contributed by atoms with Gasteiger partial charge in [-0.15, -0.1) is 0 Å². The summed E-state index contributed by atoms with van der Waals surface area (Å²) in [6.45, 7) is 1.82. The highest BCUT2D eigenvalue weighted by atomic mass is 35.5.